The highest BCUT2D eigenvalue weighted by Crippen LogP contribution is 2.31. The van der Waals surface area contributed by atoms with Gasteiger partial charge in [-0.3, -0.25) is 0 Å². The van der Waals surface area contributed by atoms with Gasteiger partial charge in [0.1, 0.15) is 5.75 Å². The maximum absolute atomic E-state index is 6.05. The fraction of sp³-hybridized carbons (Fsp3) is 0.429. The zero-order chi connectivity index (χ0) is 12.8. The second kappa shape index (κ2) is 6.67. The smallest absolute Gasteiger partial charge is 0.123 e. The van der Waals surface area contributed by atoms with E-state index < -0.39 is 0 Å². The Hall–Kier alpha value is -0.990. The fourth-order valence-corrected chi connectivity index (χ4v) is 2.05. The molecule has 0 heterocycles. The van der Waals surface area contributed by atoms with E-state index in [4.69, 9.17) is 16.3 Å². The second-order valence-corrected chi connectivity index (χ2v) is 4.59. The first kappa shape index (κ1) is 14.1. The first-order valence-electron chi connectivity index (χ1n) is 5.79. The third kappa shape index (κ3) is 4.06. The Morgan fingerprint density at radius 2 is 2.24 bits per heavy atom. The zero-order valence-corrected chi connectivity index (χ0v) is 11.5. The summed E-state index contributed by atoms with van der Waals surface area (Å²) in [6.07, 6.45) is 0.880. The summed E-state index contributed by atoms with van der Waals surface area (Å²) in [6, 6.07) is 5.90. The third-order valence-corrected chi connectivity index (χ3v) is 2.81. The fourth-order valence-electron chi connectivity index (χ4n) is 1.86. The number of methoxy groups -OCH3 is 1. The van der Waals surface area contributed by atoms with Gasteiger partial charge in [-0.15, -0.1) is 6.58 Å². The van der Waals surface area contributed by atoms with Crippen molar-refractivity contribution in [3.8, 4) is 5.75 Å². The van der Waals surface area contributed by atoms with Gasteiger partial charge in [0.25, 0.3) is 0 Å². The van der Waals surface area contributed by atoms with Crippen molar-refractivity contribution >= 4 is 11.6 Å². The Bertz CT molecular complexity index is 390. The van der Waals surface area contributed by atoms with Crippen LogP contribution in [0.15, 0.2) is 30.4 Å². The summed E-state index contributed by atoms with van der Waals surface area (Å²) in [6.45, 7) is 8.98. The van der Waals surface area contributed by atoms with Gasteiger partial charge in [0.2, 0.25) is 0 Å². The minimum Gasteiger partial charge on any atom is -0.496 e. The van der Waals surface area contributed by atoms with Crippen molar-refractivity contribution in [3.63, 3.8) is 0 Å². The van der Waals surface area contributed by atoms with Gasteiger partial charge in [0.05, 0.1) is 7.11 Å². The lowest BCUT2D eigenvalue weighted by atomic mass is 9.99. The molecule has 1 aromatic rings. The normalized spacial score (nSPS) is 12.2. The molecule has 1 atom stereocenters. The summed E-state index contributed by atoms with van der Waals surface area (Å²) < 4.78 is 5.38. The molecule has 0 radical (unpaired) electrons. The van der Waals surface area contributed by atoms with Crippen LogP contribution in [0.4, 0.5) is 0 Å². The number of benzene rings is 1. The molecule has 2 nitrogen and oxygen atoms in total. The molecule has 0 aliphatic carbocycles. The van der Waals surface area contributed by atoms with E-state index in [0.717, 1.165) is 34.9 Å². The Morgan fingerprint density at radius 3 is 2.76 bits per heavy atom. The van der Waals surface area contributed by atoms with E-state index in [1.807, 2.05) is 25.1 Å². The number of hydrogen-bond donors (Lipinski definition) is 1. The molecule has 0 aliphatic heterocycles. The van der Waals surface area contributed by atoms with Crippen LogP contribution in [0, 0.1) is 0 Å². The van der Waals surface area contributed by atoms with Crippen LogP contribution in [-0.2, 0) is 0 Å². The summed E-state index contributed by atoms with van der Waals surface area (Å²) in [7, 11) is 1.68. The maximum atomic E-state index is 6.05. The van der Waals surface area contributed by atoms with E-state index in [1.54, 1.807) is 7.11 Å². The van der Waals surface area contributed by atoms with Crippen LogP contribution in [0.1, 0.15) is 31.9 Å². The standard InChI is InChI=1S/C14H20ClNO/c1-5-16-13(8-10(2)3)12-9-11(15)6-7-14(12)17-4/h6-7,9,13,16H,2,5,8H2,1,3-4H3. The van der Waals surface area contributed by atoms with E-state index >= 15 is 0 Å². The Labute approximate surface area is 109 Å². The average molecular weight is 254 g/mol. The average Bonchev–Trinajstić information content (AvgIpc) is 2.28. The molecule has 0 amide bonds. The van der Waals surface area contributed by atoms with E-state index in [1.165, 1.54) is 0 Å². The summed E-state index contributed by atoms with van der Waals surface area (Å²) >= 11 is 6.05. The Morgan fingerprint density at radius 1 is 1.53 bits per heavy atom. The van der Waals surface area contributed by atoms with Gasteiger partial charge in [-0.25, -0.2) is 0 Å². The van der Waals surface area contributed by atoms with Crippen molar-refractivity contribution in [1.29, 1.82) is 0 Å². The number of halogens is 1. The Kier molecular flexibility index (Phi) is 5.52. The second-order valence-electron chi connectivity index (χ2n) is 4.16. The summed E-state index contributed by atoms with van der Waals surface area (Å²) in [5.74, 6) is 0.863. The first-order valence-corrected chi connectivity index (χ1v) is 6.17. The van der Waals surface area contributed by atoms with Crippen LogP contribution in [0.3, 0.4) is 0 Å². The van der Waals surface area contributed by atoms with Crippen molar-refractivity contribution in [2.45, 2.75) is 26.3 Å². The molecule has 0 saturated heterocycles. The minimum atomic E-state index is 0.200. The lowest BCUT2D eigenvalue weighted by Crippen LogP contribution is -2.21. The van der Waals surface area contributed by atoms with Crippen molar-refractivity contribution < 1.29 is 4.74 Å². The minimum absolute atomic E-state index is 0.200. The molecular weight excluding hydrogens is 234 g/mol. The largest absolute Gasteiger partial charge is 0.496 e. The van der Waals surface area contributed by atoms with Gasteiger partial charge in [-0.1, -0.05) is 24.1 Å². The van der Waals surface area contributed by atoms with E-state index in [9.17, 15) is 0 Å². The van der Waals surface area contributed by atoms with Gasteiger partial charge in [0.15, 0.2) is 0 Å². The molecule has 3 heteroatoms. The van der Waals surface area contributed by atoms with Gasteiger partial charge in [-0.05, 0) is 38.1 Å². The molecule has 94 valence electrons. The summed E-state index contributed by atoms with van der Waals surface area (Å²) in [4.78, 5) is 0. The molecule has 1 unspecified atom stereocenters. The number of ether oxygens (including phenoxy) is 1. The molecule has 0 spiro atoms. The van der Waals surface area contributed by atoms with Gasteiger partial charge < -0.3 is 10.1 Å². The monoisotopic (exact) mass is 253 g/mol. The number of rotatable bonds is 6. The topological polar surface area (TPSA) is 21.3 Å². The van der Waals surface area contributed by atoms with Crippen LogP contribution in [0.2, 0.25) is 5.02 Å². The third-order valence-electron chi connectivity index (χ3n) is 2.57. The van der Waals surface area contributed by atoms with E-state index in [0.29, 0.717) is 0 Å². The molecule has 1 N–H and O–H groups in total. The summed E-state index contributed by atoms with van der Waals surface area (Å²) in [5, 5.41) is 4.16. The molecule has 0 aliphatic rings. The maximum Gasteiger partial charge on any atom is 0.123 e. The van der Waals surface area contributed by atoms with Crippen LogP contribution < -0.4 is 10.1 Å². The van der Waals surface area contributed by atoms with Crippen molar-refractivity contribution in [3.05, 3.63) is 40.9 Å². The number of nitrogens with one attached hydrogen (secondary N) is 1. The lowest BCUT2D eigenvalue weighted by molar-refractivity contribution is 0.399. The highest BCUT2D eigenvalue weighted by molar-refractivity contribution is 6.30. The van der Waals surface area contributed by atoms with Crippen molar-refractivity contribution in [1.82, 2.24) is 5.32 Å². The molecule has 0 aromatic heterocycles. The van der Waals surface area contributed by atoms with E-state index in [2.05, 4.69) is 18.8 Å². The van der Waals surface area contributed by atoms with Crippen molar-refractivity contribution in [2.75, 3.05) is 13.7 Å². The molecule has 0 bridgehead atoms. The highest BCUT2D eigenvalue weighted by atomic mass is 35.5. The molecular formula is C14H20ClNO. The van der Waals surface area contributed by atoms with Gasteiger partial charge >= 0.3 is 0 Å². The van der Waals surface area contributed by atoms with Gasteiger partial charge in [0, 0.05) is 16.6 Å². The predicted octanol–water partition coefficient (Wildman–Crippen LogP) is 3.97. The highest BCUT2D eigenvalue weighted by Gasteiger charge is 2.15. The molecule has 1 aromatic carbocycles. The molecule has 1 rings (SSSR count). The molecule has 0 saturated carbocycles. The SMILES string of the molecule is C=C(C)CC(NCC)c1cc(Cl)ccc1OC. The first-order chi connectivity index (χ1) is 8.08. The van der Waals surface area contributed by atoms with Crippen LogP contribution >= 0.6 is 11.6 Å². The van der Waals surface area contributed by atoms with Gasteiger partial charge in [-0.2, -0.15) is 0 Å². The zero-order valence-electron chi connectivity index (χ0n) is 10.7. The lowest BCUT2D eigenvalue weighted by Gasteiger charge is -2.21. The van der Waals surface area contributed by atoms with Crippen LogP contribution in [-0.4, -0.2) is 13.7 Å². The molecule has 17 heavy (non-hydrogen) atoms. The molecule has 0 fully saturated rings. The van der Waals surface area contributed by atoms with E-state index in [-0.39, 0.29) is 6.04 Å². The Balaban J connectivity index is 3.06. The summed E-state index contributed by atoms with van der Waals surface area (Å²) in [5.41, 5.74) is 2.22. The predicted molar refractivity (Wildman–Crippen MR) is 73.9 cm³/mol. The van der Waals surface area contributed by atoms with Crippen LogP contribution in [0.5, 0.6) is 5.75 Å². The number of hydrogen-bond acceptors (Lipinski definition) is 2. The van der Waals surface area contributed by atoms with Crippen LogP contribution in [0.25, 0.3) is 0 Å². The quantitative estimate of drug-likeness (QED) is 0.775. The van der Waals surface area contributed by atoms with Crippen molar-refractivity contribution in [2.24, 2.45) is 0 Å².